The van der Waals surface area contributed by atoms with Crippen molar-refractivity contribution < 1.29 is 18.8 Å². The Bertz CT molecular complexity index is 862. The van der Waals surface area contributed by atoms with Crippen molar-refractivity contribution in [2.75, 3.05) is 6.61 Å². The molecule has 1 N–H and O–H groups in total. The van der Waals surface area contributed by atoms with Crippen molar-refractivity contribution in [2.24, 2.45) is 0 Å². The SMILES string of the molecule is Cc1nnc(-c2c(C)cc(OCCCCCc3cc(CO)no3)cc2C)o1. The number of unbranched alkanes of at least 4 members (excludes halogenated alkanes) is 2. The third kappa shape index (κ3) is 4.95. The summed E-state index contributed by atoms with van der Waals surface area (Å²) in [5, 5.41) is 20.8. The molecule has 1 aromatic carbocycles. The summed E-state index contributed by atoms with van der Waals surface area (Å²) in [4.78, 5) is 0. The molecule has 0 atom stereocenters. The molecule has 0 aliphatic heterocycles. The lowest BCUT2D eigenvalue weighted by Gasteiger charge is -2.11. The van der Waals surface area contributed by atoms with E-state index in [9.17, 15) is 0 Å². The van der Waals surface area contributed by atoms with E-state index >= 15 is 0 Å². The highest BCUT2D eigenvalue weighted by atomic mass is 16.5. The third-order valence-corrected chi connectivity index (χ3v) is 4.35. The maximum absolute atomic E-state index is 8.97. The van der Waals surface area contributed by atoms with Gasteiger partial charge in [-0.3, -0.25) is 0 Å². The van der Waals surface area contributed by atoms with Gasteiger partial charge in [0.25, 0.3) is 0 Å². The maximum Gasteiger partial charge on any atom is 0.248 e. The topological polar surface area (TPSA) is 94.4 Å². The van der Waals surface area contributed by atoms with Crippen LogP contribution in [0.1, 0.15) is 47.7 Å². The second-order valence-corrected chi connectivity index (χ2v) is 6.66. The molecule has 144 valence electrons. The Kier molecular flexibility index (Phi) is 6.24. The van der Waals surface area contributed by atoms with Crippen molar-refractivity contribution in [2.45, 2.75) is 53.1 Å². The summed E-state index contributed by atoms with van der Waals surface area (Å²) < 4.78 is 16.6. The molecule has 0 saturated heterocycles. The van der Waals surface area contributed by atoms with Gasteiger partial charge in [0.05, 0.1) is 13.2 Å². The minimum absolute atomic E-state index is 0.0823. The molecule has 0 fully saturated rings. The van der Waals surface area contributed by atoms with Crippen molar-refractivity contribution in [1.29, 1.82) is 0 Å². The molecule has 2 aromatic heterocycles. The van der Waals surface area contributed by atoms with Crippen LogP contribution in [-0.2, 0) is 13.0 Å². The monoisotopic (exact) mass is 371 g/mol. The molecule has 7 nitrogen and oxygen atoms in total. The highest BCUT2D eigenvalue weighted by molar-refractivity contribution is 5.64. The third-order valence-electron chi connectivity index (χ3n) is 4.35. The van der Waals surface area contributed by atoms with Crippen molar-refractivity contribution >= 4 is 0 Å². The van der Waals surface area contributed by atoms with Crippen LogP contribution in [0, 0.1) is 20.8 Å². The summed E-state index contributed by atoms with van der Waals surface area (Å²) >= 11 is 0. The van der Waals surface area contributed by atoms with E-state index in [0.717, 1.165) is 53.9 Å². The van der Waals surface area contributed by atoms with E-state index in [1.807, 2.05) is 26.0 Å². The van der Waals surface area contributed by atoms with E-state index in [2.05, 4.69) is 15.4 Å². The average molecular weight is 371 g/mol. The summed E-state index contributed by atoms with van der Waals surface area (Å²) in [5.74, 6) is 2.78. The van der Waals surface area contributed by atoms with Gasteiger partial charge in [0.15, 0.2) is 0 Å². The van der Waals surface area contributed by atoms with Crippen LogP contribution in [0.2, 0.25) is 0 Å². The summed E-state index contributed by atoms with van der Waals surface area (Å²) in [7, 11) is 0. The minimum atomic E-state index is -0.0823. The molecule has 0 aliphatic rings. The molecular weight excluding hydrogens is 346 g/mol. The summed E-state index contributed by atoms with van der Waals surface area (Å²) in [5.41, 5.74) is 3.66. The van der Waals surface area contributed by atoms with Gasteiger partial charge < -0.3 is 18.8 Å². The zero-order valence-electron chi connectivity index (χ0n) is 16.0. The number of hydrogen-bond donors (Lipinski definition) is 1. The quantitative estimate of drug-likeness (QED) is 0.569. The van der Waals surface area contributed by atoms with Gasteiger partial charge in [-0.1, -0.05) is 5.16 Å². The van der Waals surface area contributed by atoms with E-state index < -0.39 is 0 Å². The molecule has 3 rings (SSSR count). The Morgan fingerprint density at radius 1 is 1.00 bits per heavy atom. The fourth-order valence-electron chi connectivity index (χ4n) is 3.06. The predicted octanol–water partition coefficient (Wildman–Crippen LogP) is 3.93. The fraction of sp³-hybridized carbons (Fsp3) is 0.450. The van der Waals surface area contributed by atoms with E-state index in [1.54, 1.807) is 13.0 Å². The molecule has 0 amide bonds. The van der Waals surface area contributed by atoms with Crippen molar-refractivity contribution in [1.82, 2.24) is 15.4 Å². The van der Waals surface area contributed by atoms with Gasteiger partial charge in [0.2, 0.25) is 11.8 Å². The number of aromatic nitrogens is 3. The van der Waals surface area contributed by atoms with E-state index in [0.29, 0.717) is 24.1 Å². The molecule has 0 radical (unpaired) electrons. The van der Waals surface area contributed by atoms with Crippen molar-refractivity contribution in [3.63, 3.8) is 0 Å². The Balaban J connectivity index is 1.45. The lowest BCUT2D eigenvalue weighted by atomic mass is 10.0. The molecular formula is C20H25N3O4. The van der Waals surface area contributed by atoms with E-state index in [4.69, 9.17) is 18.8 Å². The summed E-state index contributed by atoms with van der Waals surface area (Å²) in [6.07, 6.45) is 3.82. The second kappa shape index (κ2) is 8.81. The van der Waals surface area contributed by atoms with Crippen LogP contribution in [-0.4, -0.2) is 27.1 Å². The number of nitrogens with zero attached hydrogens (tertiary/aromatic N) is 3. The van der Waals surface area contributed by atoms with Gasteiger partial charge in [0, 0.05) is 25.0 Å². The summed E-state index contributed by atoms with van der Waals surface area (Å²) in [6.45, 7) is 6.41. The van der Waals surface area contributed by atoms with Crippen LogP contribution >= 0.6 is 0 Å². The zero-order chi connectivity index (χ0) is 19.2. The first-order valence-electron chi connectivity index (χ1n) is 9.16. The maximum atomic E-state index is 8.97. The van der Waals surface area contributed by atoms with Crippen LogP contribution in [0.4, 0.5) is 0 Å². The van der Waals surface area contributed by atoms with E-state index in [-0.39, 0.29) is 6.61 Å². The number of benzene rings is 1. The van der Waals surface area contributed by atoms with E-state index in [1.165, 1.54) is 0 Å². The Hall–Kier alpha value is -2.67. The average Bonchev–Trinajstić information content (AvgIpc) is 3.26. The van der Waals surface area contributed by atoms with Crippen LogP contribution < -0.4 is 4.74 Å². The van der Waals surface area contributed by atoms with Gasteiger partial charge in [-0.2, -0.15) is 0 Å². The largest absolute Gasteiger partial charge is 0.494 e. The molecule has 27 heavy (non-hydrogen) atoms. The van der Waals surface area contributed by atoms with Gasteiger partial charge >= 0.3 is 0 Å². The zero-order valence-corrected chi connectivity index (χ0v) is 16.0. The molecule has 0 saturated carbocycles. The summed E-state index contributed by atoms with van der Waals surface area (Å²) in [6, 6.07) is 5.81. The Morgan fingerprint density at radius 2 is 1.78 bits per heavy atom. The normalized spacial score (nSPS) is 11.1. The van der Waals surface area contributed by atoms with Crippen LogP contribution in [0.3, 0.4) is 0 Å². The number of hydrogen-bond acceptors (Lipinski definition) is 7. The molecule has 0 unspecified atom stereocenters. The number of aliphatic hydroxyl groups is 1. The highest BCUT2D eigenvalue weighted by Crippen LogP contribution is 2.30. The van der Waals surface area contributed by atoms with Crippen LogP contribution in [0.15, 0.2) is 27.1 Å². The smallest absolute Gasteiger partial charge is 0.248 e. The molecule has 3 aromatic rings. The fourth-order valence-corrected chi connectivity index (χ4v) is 3.06. The Labute approximate surface area is 158 Å². The van der Waals surface area contributed by atoms with Crippen molar-refractivity contribution in [3.8, 4) is 17.2 Å². The van der Waals surface area contributed by atoms with Gasteiger partial charge in [-0.25, -0.2) is 0 Å². The predicted molar refractivity (Wildman–Crippen MR) is 99.4 cm³/mol. The number of ether oxygens (including phenoxy) is 1. The first-order chi connectivity index (χ1) is 13.1. The van der Waals surface area contributed by atoms with Gasteiger partial charge in [0.1, 0.15) is 17.2 Å². The number of aryl methyl sites for hydroxylation is 4. The Morgan fingerprint density at radius 3 is 2.41 bits per heavy atom. The van der Waals surface area contributed by atoms with Crippen LogP contribution in [0.25, 0.3) is 11.5 Å². The molecule has 0 bridgehead atoms. The van der Waals surface area contributed by atoms with Crippen LogP contribution in [0.5, 0.6) is 5.75 Å². The second-order valence-electron chi connectivity index (χ2n) is 6.66. The minimum Gasteiger partial charge on any atom is -0.494 e. The highest BCUT2D eigenvalue weighted by Gasteiger charge is 2.14. The number of rotatable bonds is 9. The van der Waals surface area contributed by atoms with Gasteiger partial charge in [-0.15, -0.1) is 10.2 Å². The van der Waals surface area contributed by atoms with Gasteiger partial charge in [-0.05, 0) is 56.4 Å². The lowest BCUT2D eigenvalue weighted by Crippen LogP contribution is -1.99. The lowest BCUT2D eigenvalue weighted by molar-refractivity contribution is 0.264. The molecule has 2 heterocycles. The standard InChI is InChI=1S/C20H25N3O4/c1-13-9-18(10-14(2)19(13)20-22-21-15(3)26-20)25-8-6-4-5-7-17-11-16(12-24)23-27-17/h9-11,24H,4-8,12H2,1-3H3. The van der Waals surface area contributed by atoms with Crippen molar-refractivity contribution in [3.05, 3.63) is 46.7 Å². The first-order valence-corrected chi connectivity index (χ1v) is 9.16. The molecule has 0 aliphatic carbocycles. The molecule has 7 heteroatoms. The first kappa shape index (κ1) is 19.1. The molecule has 0 spiro atoms. The number of aliphatic hydroxyl groups excluding tert-OH is 1.